The van der Waals surface area contributed by atoms with Gasteiger partial charge in [0.15, 0.2) is 0 Å². The Morgan fingerprint density at radius 3 is 1.96 bits per heavy atom. The van der Waals surface area contributed by atoms with E-state index < -0.39 is 19.5 Å². The van der Waals surface area contributed by atoms with Crippen LogP contribution in [0.1, 0.15) is 11.1 Å². The summed E-state index contributed by atoms with van der Waals surface area (Å²) in [5.41, 5.74) is 1.76. The highest BCUT2D eigenvalue weighted by molar-refractivity contribution is 7.59. The summed E-state index contributed by atoms with van der Waals surface area (Å²) in [6.45, 7) is 0.360. The Labute approximate surface area is 135 Å². The zero-order valence-electron chi connectivity index (χ0n) is 12.6. The van der Waals surface area contributed by atoms with Crippen LogP contribution in [0.3, 0.4) is 0 Å². The van der Waals surface area contributed by atoms with E-state index in [1.807, 2.05) is 60.7 Å². The zero-order chi connectivity index (χ0) is 16.5. The fraction of sp³-hybridized carbons (Fsp3) is 0.235. The third-order valence-corrected chi connectivity index (χ3v) is 5.01. The van der Waals surface area contributed by atoms with Gasteiger partial charge in [0.2, 0.25) is 7.37 Å². The van der Waals surface area contributed by atoms with Gasteiger partial charge in [0.05, 0.1) is 13.2 Å². The van der Waals surface area contributed by atoms with Crippen molar-refractivity contribution >= 4 is 13.3 Å². The number of aliphatic carboxylic acids is 1. The summed E-state index contributed by atoms with van der Waals surface area (Å²) < 4.78 is 23.5. The smallest absolute Gasteiger partial charge is 0.313 e. The van der Waals surface area contributed by atoms with Crippen molar-refractivity contribution in [3.63, 3.8) is 0 Å². The minimum Gasteiger partial charge on any atom is -0.481 e. The van der Waals surface area contributed by atoms with Gasteiger partial charge in [0.1, 0.15) is 12.5 Å². The molecule has 0 amide bonds. The van der Waals surface area contributed by atoms with Crippen LogP contribution < -0.4 is 0 Å². The van der Waals surface area contributed by atoms with E-state index in [9.17, 15) is 9.36 Å². The van der Waals surface area contributed by atoms with Gasteiger partial charge in [-0.2, -0.15) is 0 Å². The molecule has 2 aromatic carbocycles. The van der Waals surface area contributed by atoms with Crippen molar-refractivity contribution in [2.75, 3.05) is 12.5 Å². The second kappa shape index (κ2) is 8.63. The Morgan fingerprint density at radius 1 is 0.913 bits per heavy atom. The van der Waals surface area contributed by atoms with Crippen molar-refractivity contribution in [2.24, 2.45) is 0 Å². The molecule has 0 aliphatic rings. The van der Waals surface area contributed by atoms with Crippen LogP contribution in [0, 0.1) is 0 Å². The van der Waals surface area contributed by atoms with E-state index in [0.29, 0.717) is 0 Å². The predicted molar refractivity (Wildman–Crippen MR) is 87.4 cm³/mol. The van der Waals surface area contributed by atoms with Crippen LogP contribution in [0.4, 0.5) is 0 Å². The number of benzene rings is 2. The molecule has 6 heteroatoms. The molecule has 1 N–H and O–H groups in total. The van der Waals surface area contributed by atoms with E-state index >= 15 is 0 Å². The standard InChI is InChI=1S/C17H19O5P/c18-17(19)13-23(20,22-12-16-9-5-2-6-10-16)14-21-11-15-7-3-1-4-8-15/h1-10H,11-14H2,(H,18,19). The topological polar surface area (TPSA) is 72.8 Å². The van der Waals surface area contributed by atoms with Gasteiger partial charge in [0, 0.05) is 0 Å². The lowest BCUT2D eigenvalue weighted by atomic mass is 10.2. The third kappa shape index (κ3) is 6.37. The molecule has 0 fully saturated rings. The highest BCUT2D eigenvalue weighted by Crippen LogP contribution is 2.47. The van der Waals surface area contributed by atoms with E-state index in [1.165, 1.54) is 0 Å². The molecule has 0 saturated carbocycles. The van der Waals surface area contributed by atoms with Gasteiger partial charge in [-0.1, -0.05) is 60.7 Å². The van der Waals surface area contributed by atoms with E-state index in [1.54, 1.807) is 0 Å². The van der Waals surface area contributed by atoms with Gasteiger partial charge in [-0.05, 0) is 11.1 Å². The Morgan fingerprint density at radius 2 is 1.43 bits per heavy atom. The maximum atomic E-state index is 12.7. The molecule has 1 unspecified atom stereocenters. The molecular weight excluding hydrogens is 315 g/mol. The molecule has 0 spiro atoms. The summed E-state index contributed by atoms with van der Waals surface area (Å²) in [5, 5.41) is 8.95. The van der Waals surface area contributed by atoms with Gasteiger partial charge in [0.25, 0.3) is 0 Å². The lowest BCUT2D eigenvalue weighted by Gasteiger charge is -2.17. The van der Waals surface area contributed by atoms with Crippen molar-refractivity contribution in [3.8, 4) is 0 Å². The van der Waals surface area contributed by atoms with Gasteiger partial charge in [-0.3, -0.25) is 9.36 Å². The molecule has 0 heterocycles. The average molecular weight is 334 g/mol. The predicted octanol–water partition coefficient (Wildman–Crippen LogP) is 3.74. The first-order valence-electron chi connectivity index (χ1n) is 7.17. The van der Waals surface area contributed by atoms with Crippen LogP contribution in [0.5, 0.6) is 0 Å². The number of carboxylic acid groups (broad SMARTS) is 1. The Bertz CT molecular complexity index is 657. The molecule has 5 nitrogen and oxygen atoms in total. The molecule has 0 bridgehead atoms. The number of rotatable bonds is 9. The first-order valence-corrected chi connectivity index (χ1v) is 9.17. The quantitative estimate of drug-likeness (QED) is 0.707. The number of hydrogen-bond acceptors (Lipinski definition) is 4. The highest BCUT2D eigenvalue weighted by atomic mass is 31.2. The fourth-order valence-electron chi connectivity index (χ4n) is 1.98. The SMILES string of the molecule is O=C(O)CP(=O)(COCc1ccccc1)OCc1ccccc1. The van der Waals surface area contributed by atoms with Crippen LogP contribution in [-0.2, 0) is 31.8 Å². The van der Waals surface area contributed by atoms with E-state index in [2.05, 4.69) is 0 Å². The largest absolute Gasteiger partial charge is 0.481 e. The molecule has 23 heavy (non-hydrogen) atoms. The fourth-order valence-corrected chi connectivity index (χ4v) is 3.40. The maximum Gasteiger partial charge on any atom is 0.313 e. The molecule has 0 saturated heterocycles. The van der Waals surface area contributed by atoms with E-state index in [4.69, 9.17) is 14.4 Å². The molecule has 2 aromatic rings. The molecule has 122 valence electrons. The average Bonchev–Trinajstić information content (AvgIpc) is 2.54. The van der Waals surface area contributed by atoms with Crippen LogP contribution >= 0.6 is 7.37 Å². The third-order valence-electron chi connectivity index (χ3n) is 3.09. The van der Waals surface area contributed by atoms with Crippen LogP contribution in [-0.4, -0.2) is 23.6 Å². The van der Waals surface area contributed by atoms with E-state index in [0.717, 1.165) is 11.1 Å². The van der Waals surface area contributed by atoms with Crippen molar-refractivity contribution in [2.45, 2.75) is 13.2 Å². The summed E-state index contributed by atoms with van der Waals surface area (Å²) in [5.74, 6) is -1.16. The van der Waals surface area contributed by atoms with Crippen LogP contribution in [0.15, 0.2) is 60.7 Å². The molecule has 1 atom stereocenters. The Kier molecular flexibility index (Phi) is 6.53. The normalized spacial score (nSPS) is 13.4. The molecule has 0 aromatic heterocycles. The first kappa shape index (κ1) is 17.4. The van der Waals surface area contributed by atoms with Gasteiger partial charge < -0.3 is 14.4 Å². The number of carbonyl (C=O) groups is 1. The minimum absolute atomic E-state index is 0.0973. The maximum absolute atomic E-state index is 12.7. The van der Waals surface area contributed by atoms with Crippen molar-refractivity contribution in [3.05, 3.63) is 71.8 Å². The minimum atomic E-state index is -3.40. The molecule has 0 aliphatic carbocycles. The first-order chi connectivity index (χ1) is 11.1. The van der Waals surface area contributed by atoms with Crippen LogP contribution in [0.2, 0.25) is 0 Å². The summed E-state index contributed by atoms with van der Waals surface area (Å²) in [4.78, 5) is 11.0. The Balaban J connectivity index is 1.92. The lowest BCUT2D eigenvalue weighted by molar-refractivity contribution is -0.134. The van der Waals surface area contributed by atoms with E-state index in [-0.39, 0.29) is 19.6 Å². The Hall–Kier alpha value is -1.94. The van der Waals surface area contributed by atoms with Gasteiger partial charge >= 0.3 is 5.97 Å². The summed E-state index contributed by atoms with van der Waals surface area (Å²) in [7, 11) is -3.40. The van der Waals surface area contributed by atoms with Crippen molar-refractivity contribution < 1.29 is 23.7 Å². The lowest BCUT2D eigenvalue weighted by Crippen LogP contribution is -2.10. The molecule has 0 aliphatic heterocycles. The van der Waals surface area contributed by atoms with Crippen molar-refractivity contribution in [1.29, 1.82) is 0 Å². The molecular formula is C17H19O5P. The number of ether oxygens (including phenoxy) is 1. The zero-order valence-corrected chi connectivity index (χ0v) is 13.5. The van der Waals surface area contributed by atoms with Crippen molar-refractivity contribution in [1.82, 2.24) is 0 Å². The summed E-state index contributed by atoms with van der Waals surface area (Å²) in [6.07, 6.45) is -0.768. The second-order valence-corrected chi connectivity index (χ2v) is 7.55. The second-order valence-electron chi connectivity index (χ2n) is 5.09. The van der Waals surface area contributed by atoms with Gasteiger partial charge in [-0.15, -0.1) is 0 Å². The summed E-state index contributed by atoms with van der Waals surface area (Å²) in [6, 6.07) is 18.6. The number of hydrogen-bond donors (Lipinski definition) is 1. The monoisotopic (exact) mass is 334 g/mol. The summed E-state index contributed by atoms with van der Waals surface area (Å²) >= 11 is 0. The highest BCUT2D eigenvalue weighted by Gasteiger charge is 2.27. The molecule has 2 rings (SSSR count). The molecule has 0 radical (unpaired) electrons. The number of carboxylic acids is 1. The van der Waals surface area contributed by atoms with Gasteiger partial charge in [-0.25, -0.2) is 0 Å². The van der Waals surface area contributed by atoms with Crippen LogP contribution in [0.25, 0.3) is 0 Å².